The van der Waals surface area contributed by atoms with E-state index >= 15 is 0 Å². The minimum Gasteiger partial charge on any atom is -0.478 e. The fourth-order valence-corrected chi connectivity index (χ4v) is 3.97. The number of nitrogens with zero attached hydrogens (tertiary/aromatic N) is 3. The molecule has 0 spiro atoms. The van der Waals surface area contributed by atoms with Crippen LogP contribution in [0.3, 0.4) is 0 Å². The molecule has 0 saturated carbocycles. The number of carbonyl (C=O) groups is 1. The van der Waals surface area contributed by atoms with E-state index < -0.39 is 4.92 Å². The third-order valence-electron chi connectivity index (χ3n) is 5.54. The zero-order chi connectivity index (χ0) is 22.2. The van der Waals surface area contributed by atoms with Gasteiger partial charge in [-0.2, -0.15) is 0 Å². The van der Waals surface area contributed by atoms with Gasteiger partial charge in [0.25, 0.3) is 5.69 Å². The molecule has 0 saturated heterocycles. The Morgan fingerprint density at radius 3 is 2.66 bits per heavy atom. The minimum absolute atomic E-state index is 0.00884. The van der Waals surface area contributed by atoms with E-state index in [4.69, 9.17) is 9.47 Å². The number of nitro groups is 1. The maximum Gasteiger partial charge on any atom is 0.269 e. The molecule has 2 aromatic carbocycles. The first-order chi connectivity index (χ1) is 15.5. The number of carbonyl (C=O) groups excluding carboxylic acids is 1. The summed E-state index contributed by atoms with van der Waals surface area (Å²) in [4.78, 5) is 29.7. The van der Waals surface area contributed by atoms with E-state index in [2.05, 4.69) is 9.88 Å². The van der Waals surface area contributed by atoms with Crippen LogP contribution < -0.4 is 9.47 Å². The van der Waals surface area contributed by atoms with E-state index in [1.54, 1.807) is 30.6 Å². The van der Waals surface area contributed by atoms with Gasteiger partial charge in [-0.1, -0.05) is 0 Å². The summed E-state index contributed by atoms with van der Waals surface area (Å²) in [5.74, 6) is 1.23. The highest BCUT2D eigenvalue weighted by Gasteiger charge is 2.35. The van der Waals surface area contributed by atoms with Gasteiger partial charge in [-0.25, -0.2) is 0 Å². The van der Waals surface area contributed by atoms with Crippen LogP contribution in [0.15, 0.2) is 60.6 Å². The van der Waals surface area contributed by atoms with Crippen molar-refractivity contribution in [3.63, 3.8) is 0 Å². The molecule has 1 aromatic heterocycles. The molecule has 5 rings (SSSR count). The molecule has 160 valence electrons. The van der Waals surface area contributed by atoms with E-state index in [0.717, 1.165) is 22.4 Å². The van der Waals surface area contributed by atoms with Crippen LogP contribution in [0.25, 0.3) is 6.08 Å². The highest BCUT2D eigenvalue weighted by atomic mass is 16.6. The van der Waals surface area contributed by atoms with Crippen molar-refractivity contribution in [2.75, 3.05) is 6.73 Å². The number of ketones is 1. The Morgan fingerprint density at radius 2 is 1.94 bits per heavy atom. The number of aryl methyl sites for hydroxylation is 1. The molecule has 2 aliphatic rings. The molecule has 0 unspecified atom stereocenters. The molecule has 0 fully saturated rings. The summed E-state index contributed by atoms with van der Waals surface area (Å²) in [5, 5.41) is 10.9. The molecule has 32 heavy (non-hydrogen) atoms. The quantitative estimate of drug-likeness (QED) is 0.347. The number of rotatable bonds is 4. The third kappa shape index (κ3) is 3.61. The maximum atomic E-state index is 13.1. The molecule has 0 bridgehead atoms. The van der Waals surface area contributed by atoms with Gasteiger partial charge in [0.15, 0.2) is 5.76 Å². The number of nitro benzene ring substituents is 1. The van der Waals surface area contributed by atoms with Crippen LogP contribution in [-0.2, 0) is 13.1 Å². The summed E-state index contributed by atoms with van der Waals surface area (Å²) in [6, 6.07) is 11.8. The Balaban J connectivity index is 1.44. The average molecular weight is 429 g/mol. The molecule has 0 amide bonds. The van der Waals surface area contributed by atoms with Gasteiger partial charge in [-0.3, -0.25) is 24.8 Å². The van der Waals surface area contributed by atoms with Gasteiger partial charge < -0.3 is 9.47 Å². The lowest BCUT2D eigenvalue weighted by molar-refractivity contribution is -0.384. The largest absolute Gasteiger partial charge is 0.478 e. The number of hydrogen-bond donors (Lipinski definition) is 0. The first kappa shape index (κ1) is 19.9. The van der Waals surface area contributed by atoms with Gasteiger partial charge in [0, 0.05) is 37.6 Å². The van der Waals surface area contributed by atoms with Crippen molar-refractivity contribution < 1.29 is 19.2 Å². The monoisotopic (exact) mass is 429 g/mol. The van der Waals surface area contributed by atoms with E-state index in [1.807, 2.05) is 25.1 Å². The average Bonchev–Trinajstić information content (AvgIpc) is 3.12. The Kier molecular flexibility index (Phi) is 4.91. The van der Waals surface area contributed by atoms with Gasteiger partial charge in [-0.05, 0) is 60.0 Å². The summed E-state index contributed by atoms with van der Waals surface area (Å²) < 4.78 is 12.0. The van der Waals surface area contributed by atoms with Crippen molar-refractivity contribution in [2.45, 2.75) is 20.0 Å². The zero-order valence-corrected chi connectivity index (χ0v) is 17.3. The molecule has 0 aliphatic carbocycles. The number of aromatic nitrogens is 1. The first-order valence-electron chi connectivity index (χ1n) is 10.1. The molecular formula is C24H19N3O5. The highest BCUT2D eigenvalue weighted by Crippen LogP contribution is 2.44. The van der Waals surface area contributed by atoms with Crippen LogP contribution in [0.5, 0.6) is 11.5 Å². The van der Waals surface area contributed by atoms with Crippen LogP contribution >= 0.6 is 0 Å². The number of Topliss-reactive ketones (excluding diaryl/α,β-unsaturated/α-hetero) is 1. The van der Waals surface area contributed by atoms with Crippen LogP contribution in [0.2, 0.25) is 0 Å². The summed E-state index contributed by atoms with van der Waals surface area (Å²) in [7, 11) is 0. The smallest absolute Gasteiger partial charge is 0.269 e. The fourth-order valence-electron chi connectivity index (χ4n) is 3.97. The number of ether oxygens (including phenoxy) is 2. The van der Waals surface area contributed by atoms with Crippen LogP contribution in [0, 0.1) is 17.0 Å². The zero-order valence-electron chi connectivity index (χ0n) is 17.3. The Morgan fingerprint density at radius 1 is 1.19 bits per heavy atom. The van der Waals surface area contributed by atoms with E-state index in [1.165, 1.54) is 12.1 Å². The van der Waals surface area contributed by atoms with Gasteiger partial charge in [0.1, 0.15) is 18.2 Å². The van der Waals surface area contributed by atoms with Gasteiger partial charge in [-0.15, -0.1) is 0 Å². The second-order valence-corrected chi connectivity index (χ2v) is 7.78. The second-order valence-electron chi connectivity index (χ2n) is 7.78. The van der Waals surface area contributed by atoms with Crippen LogP contribution in [0.1, 0.15) is 32.6 Å². The summed E-state index contributed by atoms with van der Waals surface area (Å²) in [5.41, 5.74) is 3.92. The highest BCUT2D eigenvalue weighted by molar-refractivity contribution is 6.15. The molecule has 8 heteroatoms. The van der Waals surface area contributed by atoms with Crippen molar-refractivity contribution >= 4 is 17.5 Å². The number of non-ortho nitro benzene ring substituents is 1. The number of allylic oxidation sites excluding steroid dienone is 1. The number of hydrogen-bond acceptors (Lipinski definition) is 7. The fraction of sp³-hybridized carbons (Fsp3) is 0.167. The van der Waals surface area contributed by atoms with Crippen molar-refractivity contribution in [3.05, 3.63) is 98.5 Å². The van der Waals surface area contributed by atoms with E-state index in [0.29, 0.717) is 36.7 Å². The standard InChI is InChI=1S/C24H19N3O5/c1-15-10-20-19(13-26(14-31-20)12-17-6-8-25-9-7-17)24-22(15)23(28)21(32-24)11-16-2-4-18(5-3-16)27(29)30/h2-11H,12-14H2,1H3/b21-11-. The lowest BCUT2D eigenvalue weighted by atomic mass is 9.98. The predicted octanol–water partition coefficient (Wildman–Crippen LogP) is 4.27. The topological polar surface area (TPSA) is 94.8 Å². The summed E-state index contributed by atoms with van der Waals surface area (Å²) >= 11 is 0. The predicted molar refractivity (Wildman–Crippen MR) is 116 cm³/mol. The first-order valence-corrected chi connectivity index (χ1v) is 10.1. The molecule has 2 aliphatic heterocycles. The number of fused-ring (bicyclic) bond motifs is 3. The molecular weight excluding hydrogens is 410 g/mol. The number of benzene rings is 2. The molecule has 0 N–H and O–H groups in total. The van der Waals surface area contributed by atoms with Crippen LogP contribution in [0.4, 0.5) is 5.69 Å². The van der Waals surface area contributed by atoms with Crippen molar-refractivity contribution in [2.24, 2.45) is 0 Å². The molecule has 0 radical (unpaired) electrons. The number of pyridine rings is 1. The molecule has 8 nitrogen and oxygen atoms in total. The molecule has 3 heterocycles. The molecule has 0 atom stereocenters. The van der Waals surface area contributed by atoms with Crippen LogP contribution in [-0.4, -0.2) is 27.3 Å². The van der Waals surface area contributed by atoms with E-state index in [-0.39, 0.29) is 17.2 Å². The Hall–Kier alpha value is -4.04. The van der Waals surface area contributed by atoms with Crippen molar-refractivity contribution in [1.82, 2.24) is 9.88 Å². The SMILES string of the molecule is Cc1cc2c(c3c1C(=O)/C(=C/c1ccc([N+](=O)[O-])cc1)O3)CN(Cc1ccncc1)CO2. The molecule has 3 aromatic rings. The van der Waals surface area contributed by atoms with E-state index in [9.17, 15) is 14.9 Å². The lowest BCUT2D eigenvalue weighted by Crippen LogP contribution is -2.31. The normalized spacial score (nSPS) is 16.3. The summed E-state index contributed by atoms with van der Waals surface area (Å²) in [6.45, 7) is 3.57. The summed E-state index contributed by atoms with van der Waals surface area (Å²) in [6.07, 6.45) is 5.12. The lowest BCUT2D eigenvalue weighted by Gasteiger charge is -2.30. The minimum atomic E-state index is -0.461. The van der Waals surface area contributed by atoms with Gasteiger partial charge >= 0.3 is 0 Å². The van der Waals surface area contributed by atoms with Gasteiger partial charge in [0.2, 0.25) is 5.78 Å². The Bertz CT molecular complexity index is 1250. The van der Waals surface area contributed by atoms with Crippen molar-refractivity contribution in [3.8, 4) is 11.5 Å². The third-order valence-corrected chi connectivity index (χ3v) is 5.54. The van der Waals surface area contributed by atoms with Gasteiger partial charge in [0.05, 0.1) is 16.1 Å². The second kappa shape index (κ2) is 7.90. The van der Waals surface area contributed by atoms with Crippen molar-refractivity contribution in [1.29, 1.82) is 0 Å². The maximum absolute atomic E-state index is 13.1. The Labute approximate surface area is 183 Å².